The van der Waals surface area contributed by atoms with Crippen LogP contribution in [0, 0.1) is 0 Å². The Balaban J connectivity index is 2.32. The van der Waals surface area contributed by atoms with Crippen LogP contribution >= 0.6 is 23.5 Å². The maximum Gasteiger partial charge on any atom is 0.0446 e. The standard InChI is InChI=1S/C16H34N2OS2/c1-14(2)20-11-8-17-6-7-18(9-12-21-15(3)4)16(13-17)5-10-19/h14-16,19H,5-13H2,1-4H3/t16-/m0/s1. The normalized spacial score (nSPS) is 21.6. The molecule has 0 unspecified atom stereocenters. The first kappa shape index (κ1) is 19.6. The second kappa shape index (κ2) is 11.2. The van der Waals surface area contributed by atoms with Crippen LogP contribution in [0.4, 0.5) is 0 Å². The van der Waals surface area contributed by atoms with Gasteiger partial charge in [0.1, 0.15) is 0 Å². The van der Waals surface area contributed by atoms with Gasteiger partial charge in [0.2, 0.25) is 0 Å². The molecule has 126 valence electrons. The second-order valence-electron chi connectivity index (χ2n) is 6.34. The lowest BCUT2D eigenvalue weighted by Gasteiger charge is -2.41. The monoisotopic (exact) mass is 334 g/mol. The molecule has 1 saturated heterocycles. The van der Waals surface area contributed by atoms with Crippen LogP contribution in [-0.4, -0.2) is 82.3 Å². The summed E-state index contributed by atoms with van der Waals surface area (Å²) in [6.07, 6.45) is 0.917. The van der Waals surface area contributed by atoms with Gasteiger partial charge in [-0.15, -0.1) is 0 Å². The summed E-state index contributed by atoms with van der Waals surface area (Å²) in [5.74, 6) is 2.44. The highest BCUT2D eigenvalue weighted by Crippen LogP contribution is 2.17. The Kier molecular flexibility index (Phi) is 10.4. The number of nitrogens with zero attached hydrogens (tertiary/aromatic N) is 2. The Morgan fingerprint density at radius 3 is 2.19 bits per heavy atom. The average molecular weight is 335 g/mol. The zero-order valence-corrected chi connectivity index (χ0v) is 15.9. The molecule has 0 aromatic heterocycles. The van der Waals surface area contributed by atoms with E-state index in [4.69, 9.17) is 0 Å². The van der Waals surface area contributed by atoms with Crippen LogP contribution in [0.25, 0.3) is 0 Å². The Morgan fingerprint density at radius 1 is 1.00 bits per heavy atom. The Hall–Kier alpha value is 0.580. The van der Waals surface area contributed by atoms with E-state index < -0.39 is 0 Å². The third-order valence-corrected chi connectivity index (χ3v) is 6.01. The molecule has 0 radical (unpaired) electrons. The van der Waals surface area contributed by atoms with Crippen LogP contribution in [0.3, 0.4) is 0 Å². The first-order chi connectivity index (χ1) is 10.0. The predicted octanol–water partition coefficient (Wildman–Crippen LogP) is 2.64. The molecule has 1 heterocycles. The number of hydrogen-bond donors (Lipinski definition) is 1. The van der Waals surface area contributed by atoms with Crippen LogP contribution in [0.2, 0.25) is 0 Å². The molecule has 0 aromatic carbocycles. The van der Waals surface area contributed by atoms with E-state index >= 15 is 0 Å². The van der Waals surface area contributed by atoms with Gasteiger partial charge in [0.25, 0.3) is 0 Å². The minimum Gasteiger partial charge on any atom is -0.396 e. The molecule has 0 aromatic rings. The van der Waals surface area contributed by atoms with Crippen LogP contribution < -0.4 is 0 Å². The molecule has 5 heteroatoms. The molecule has 1 aliphatic rings. The lowest BCUT2D eigenvalue weighted by Crippen LogP contribution is -2.54. The van der Waals surface area contributed by atoms with Crippen molar-refractivity contribution < 1.29 is 5.11 Å². The van der Waals surface area contributed by atoms with E-state index in [2.05, 4.69) is 37.5 Å². The van der Waals surface area contributed by atoms with Gasteiger partial charge in [-0.25, -0.2) is 0 Å². The van der Waals surface area contributed by atoms with Crippen LogP contribution in [-0.2, 0) is 0 Å². The molecular formula is C16H34N2OS2. The van der Waals surface area contributed by atoms with E-state index in [-0.39, 0.29) is 0 Å². The van der Waals surface area contributed by atoms with Gasteiger partial charge in [-0.05, 0) is 16.9 Å². The Morgan fingerprint density at radius 2 is 1.62 bits per heavy atom. The third kappa shape index (κ3) is 8.70. The van der Waals surface area contributed by atoms with Crippen molar-refractivity contribution in [1.29, 1.82) is 0 Å². The average Bonchev–Trinajstić information content (AvgIpc) is 2.40. The number of piperazine rings is 1. The summed E-state index contributed by atoms with van der Waals surface area (Å²) in [6, 6.07) is 0.542. The summed E-state index contributed by atoms with van der Waals surface area (Å²) in [5.41, 5.74) is 0. The first-order valence-electron chi connectivity index (χ1n) is 8.33. The Labute approximate surface area is 140 Å². The first-order valence-corrected chi connectivity index (χ1v) is 10.4. The van der Waals surface area contributed by atoms with Gasteiger partial charge >= 0.3 is 0 Å². The predicted molar refractivity (Wildman–Crippen MR) is 98.7 cm³/mol. The maximum absolute atomic E-state index is 9.33. The summed E-state index contributed by atoms with van der Waals surface area (Å²) < 4.78 is 0. The second-order valence-corrected chi connectivity index (χ2v) is 9.71. The van der Waals surface area contributed by atoms with Crippen molar-refractivity contribution in [2.24, 2.45) is 0 Å². The van der Waals surface area contributed by atoms with Gasteiger partial charge in [0, 0.05) is 56.9 Å². The largest absolute Gasteiger partial charge is 0.396 e. The van der Waals surface area contributed by atoms with Crippen molar-refractivity contribution in [3.63, 3.8) is 0 Å². The van der Waals surface area contributed by atoms with Gasteiger partial charge in [-0.2, -0.15) is 23.5 Å². The number of aliphatic hydroxyl groups excluding tert-OH is 1. The summed E-state index contributed by atoms with van der Waals surface area (Å²) in [6.45, 7) is 15.2. The molecule has 0 aliphatic carbocycles. The van der Waals surface area contributed by atoms with Crippen molar-refractivity contribution in [3.05, 3.63) is 0 Å². The molecular weight excluding hydrogens is 300 g/mol. The van der Waals surface area contributed by atoms with Crippen LogP contribution in [0.15, 0.2) is 0 Å². The molecule has 1 atom stereocenters. The van der Waals surface area contributed by atoms with Crippen molar-refractivity contribution in [3.8, 4) is 0 Å². The summed E-state index contributed by atoms with van der Waals surface area (Å²) >= 11 is 4.09. The summed E-state index contributed by atoms with van der Waals surface area (Å²) in [4.78, 5) is 5.18. The zero-order valence-electron chi connectivity index (χ0n) is 14.3. The van der Waals surface area contributed by atoms with Crippen LogP contribution in [0.1, 0.15) is 34.1 Å². The van der Waals surface area contributed by atoms with E-state index in [1.165, 1.54) is 31.1 Å². The molecule has 1 fully saturated rings. The van der Waals surface area contributed by atoms with Gasteiger partial charge in [0.15, 0.2) is 0 Å². The number of rotatable bonds is 10. The van der Waals surface area contributed by atoms with E-state index in [9.17, 15) is 5.11 Å². The smallest absolute Gasteiger partial charge is 0.0446 e. The number of thioether (sulfide) groups is 2. The molecule has 1 rings (SSSR count). The van der Waals surface area contributed by atoms with Crippen molar-refractivity contribution in [1.82, 2.24) is 9.80 Å². The van der Waals surface area contributed by atoms with Gasteiger partial charge in [0.05, 0.1) is 0 Å². The van der Waals surface area contributed by atoms with E-state index in [1.807, 2.05) is 23.5 Å². The third-order valence-electron chi connectivity index (χ3n) is 3.84. The molecule has 1 aliphatic heterocycles. The quantitative estimate of drug-likeness (QED) is 0.663. The van der Waals surface area contributed by atoms with Crippen molar-refractivity contribution >= 4 is 23.5 Å². The van der Waals surface area contributed by atoms with Gasteiger partial charge < -0.3 is 5.11 Å². The van der Waals surface area contributed by atoms with Gasteiger partial charge in [-0.1, -0.05) is 27.7 Å². The highest BCUT2D eigenvalue weighted by Gasteiger charge is 2.25. The minimum atomic E-state index is 0.313. The molecule has 1 N–H and O–H groups in total. The maximum atomic E-state index is 9.33. The number of aliphatic hydroxyl groups is 1. The van der Waals surface area contributed by atoms with Gasteiger partial charge in [-0.3, -0.25) is 9.80 Å². The van der Waals surface area contributed by atoms with Crippen LogP contribution in [0.5, 0.6) is 0 Å². The summed E-state index contributed by atoms with van der Waals surface area (Å²) in [7, 11) is 0. The zero-order chi connectivity index (χ0) is 15.7. The van der Waals surface area contributed by atoms with Crippen molar-refractivity contribution in [2.75, 3.05) is 50.8 Å². The lowest BCUT2D eigenvalue weighted by molar-refractivity contribution is 0.0676. The SMILES string of the molecule is CC(C)SCCN1CCN(CCSC(C)C)[C@@H](CCO)C1. The molecule has 0 bridgehead atoms. The van der Waals surface area contributed by atoms with E-state index in [0.717, 1.165) is 30.0 Å². The lowest BCUT2D eigenvalue weighted by atomic mass is 10.1. The molecule has 0 saturated carbocycles. The fourth-order valence-corrected chi connectivity index (χ4v) is 4.35. The fraction of sp³-hybridized carbons (Fsp3) is 1.00. The Bertz CT molecular complexity index is 265. The highest BCUT2D eigenvalue weighted by atomic mass is 32.2. The number of hydrogen-bond acceptors (Lipinski definition) is 5. The summed E-state index contributed by atoms with van der Waals surface area (Å²) in [5, 5.41) is 10.8. The van der Waals surface area contributed by atoms with E-state index in [1.54, 1.807) is 0 Å². The van der Waals surface area contributed by atoms with Crippen molar-refractivity contribution in [2.45, 2.75) is 50.7 Å². The fourth-order valence-electron chi connectivity index (χ4n) is 2.70. The molecule has 0 spiro atoms. The molecule has 21 heavy (non-hydrogen) atoms. The molecule has 3 nitrogen and oxygen atoms in total. The minimum absolute atomic E-state index is 0.313. The van der Waals surface area contributed by atoms with E-state index in [0.29, 0.717) is 12.6 Å². The highest BCUT2D eigenvalue weighted by molar-refractivity contribution is 8.00. The topological polar surface area (TPSA) is 26.7 Å². The molecule has 0 amide bonds.